The third-order valence-corrected chi connectivity index (χ3v) is 2.10. The first-order valence-corrected chi connectivity index (χ1v) is 5.30. The van der Waals surface area contributed by atoms with Crippen molar-refractivity contribution in [3.05, 3.63) is 30.1 Å². The third kappa shape index (κ3) is 3.81. The zero-order valence-corrected chi connectivity index (χ0v) is 9.51. The maximum atomic E-state index is 11.7. The Morgan fingerprint density at radius 3 is 2.75 bits per heavy atom. The second-order valence-electron chi connectivity index (χ2n) is 4.06. The van der Waals surface area contributed by atoms with Crippen LogP contribution in [0.4, 0.5) is 0 Å². The summed E-state index contributed by atoms with van der Waals surface area (Å²) in [5.41, 5.74) is 0.332. The molecule has 1 N–H and O–H groups in total. The molecule has 0 aromatic carbocycles. The molecule has 4 nitrogen and oxygen atoms in total. The topological polar surface area (TPSA) is 59.1 Å². The van der Waals surface area contributed by atoms with Crippen molar-refractivity contribution in [3.63, 3.8) is 0 Å². The number of aldehydes is 1. The average molecular weight is 220 g/mol. The minimum atomic E-state index is -0.436. The molecule has 1 heterocycles. The molecule has 0 bridgehead atoms. The Balaban J connectivity index is 2.59. The van der Waals surface area contributed by atoms with Crippen molar-refractivity contribution in [1.82, 2.24) is 10.3 Å². The standard InChI is InChI=1S/C12H16N2O2/c1-9(2)7-10(8-15)14-12(16)11-5-3-4-6-13-11/h3-6,8-10H,7H2,1-2H3,(H,14,16). The summed E-state index contributed by atoms with van der Waals surface area (Å²) < 4.78 is 0. The number of hydrogen-bond acceptors (Lipinski definition) is 3. The highest BCUT2D eigenvalue weighted by Crippen LogP contribution is 2.03. The van der Waals surface area contributed by atoms with Crippen LogP contribution in [0.5, 0.6) is 0 Å². The molecule has 4 heteroatoms. The van der Waals surface area contributed by atoms with Gasteiger partial charge < -0.3 is 10.1 Å². The first-order chi connectivity index (χ1) is 7.63. The first-order valence-electron chi connectivity index (χ1n) is 5.30. The highest BCUT2D eigenvalue weighted by Gasteiger charge is 2.14. The fraction of sp³-hybridized carbons (Fsp3) is 0.417. The molecular weight excluding hydrogens is 204 g/mol. The van der Waals surface area contributed by atoms with Gasteiger partial charge in [-0.25, -0.2) is 0 Å². The predicted octanol–water partition coefficient (Wildman–Crippen LogP) is 1.43. The Labute approximate surface area is 95.1 Å². The molecule has 86 valence electrons. The van der Waals surface area contributed by atoms with Crippen LogP contribution in [0.1, 0.15) is 30.8 Å². The summed E-state index contributed by atoms with van der Waals surface area (Å²) in [6, 6.07) is 4.66. The molecular formula is C12H16N2O2. The summed E-state index contributed by atoms with van der Waals surface area (Å²) in [5.74, 6) is 0.0533. The van der Waals surface area contributed by atoms with Gasteiger partial charge in [0.05, 0.1) is 6.04 Å². The predicted molar refractivity (Wildman–Crippen MR) is 61.0 cm³/mol. The monoisotopic (exact) mass is 220 g/mol. The van der Waals surface area contributed by atoms with E-state index in [9.17, 15) is 9.59 Å². The number of aromatic nitrogens is 1. The van der Waals surface area contributed by atoms with Crippen molar-refractivity contribution in [1.29, 1.82) is 0 Å². The fourth-order valence-corrected chi connectivity index (χ4v) is 1.40. The van der Waals surface area contributed by atoms with Crippen LogP contribution in [0.15, 0.2) is 24.4 Å². The fourth-order valence-electron chi connectivity index (χ4n) is 1.40. The van der Waals surface area contributed by atoms with Gasteiger partial charge in [-0.1, -0.05) is 19.9 Å². The van der Waals surface area contributed by atoms with E-state index < -0.39 is 6.04 Å². The smallest absolute Gasteiger partial charge is 0.270 e. The number of nitrogens with zero attached hydrogens (tertiary/aromatic N) is 1. The van der Waals surface area contributed by atoms with E-state index in [1.165, 1.54) is 0 Å². The Kier molecular flexibility index (Phi) is 4.64. The molecule has 1 rings (SSSR count). The van der Waals surface area contributed by atoms with Crippen molar-refractivity contribution in [2.24, 2.45) is 5.92 Å². The highest BCUT2D eigenvalue weighted by molar-refractivity contribution is 5.93. The van der Waals surface area contributed by atoms with Crippen LogP contribution in [0.3, 0.4) is 0 Å². The van der Waals surface area contributed by atoms with Gasteiger partial charge in [0, 0.05) is 6.20 Å². The summed E-state index contributed by atoms with van der Waals surface area (Å²) in [5, 5.41) is 2.64. The Morgan fingerprint density at radius 2 is 2.25 bits per heavy atom. The lowest BCUT2D eigenvalue weighted by atomic mass is 10.0. The van der Waals surface area contributed by atoms with Crippen LogP contribution >= 0.6 is 0 Å². The zero-order chi connectivity index (χ0) is 12.0. The molecule has 1 aromatic rings. The van der Waals surface area contributed by atoms with Crippen LogP contribution in [0.25, 0.3) is 0 Å². The van der Waals surface area contributed by atoms with Crippen molar-refractivity contribution in [2.45, 2.75) is 26.3 Å². The Morgan fingerprint density at radius 1 is 1.50 bits per heavy atom. The summed E-state index contributed by atoms with van der Waals surface area (Å²) in [4.78, 5) is 26.4. The quantitative estimate of drug-likeness (QED) is 0.763. The van der Waals surface area contributed by atoms with E-state index in [1.54, 1.807) is 24.4 Å². The molecule has 1 unspecified atom stereocenters. The first kappa shape index (κ1) is 12.4. The van der Waals surface area contributed by atoms with Crippen molar-refractivity contribution >= 4 is 12.2 Å². The lowest BCUT2D eigenvalue weighted by molar-refractivity contribution is -0.109. The maximum Gasteiger partial charge on any atom is 0.270 e. The molecule has 0 aliphatic carbocycles. The molecule has 1 amide bonds. The molecule has 0 saturated carbocycles. The van der Waals surface area contributed by atoms with Crippen molar-refractivity contribution < 1.29 is 9.59 Å². The van der Waals surface area contributed by atoms with Gasteiger partial charge in [0.25, 0.3) is 5.91 Å². The number of pyridine rings is 1. The Hall–Kier alpha value is -1.71. The number of nitrogens with one attached hydrogen (secondary N) is 1. The van der Waals surface area contributed by atoms with Crippen LogP contribution in [0, 0.1) is 5.92 Å². The largest absolute Gasteiger partial charge is 0.341 e. The molecule has 0 saturated heterocycles. The van der Waals surface area contributed by atoms with Gasteiger partial charge in [-0.2, -0.15) is 0 Å². The second-order valence-corrected chi connectivity index (χ2v) is 4.06. The lowest BCUT2D eigenvalue weighted by Gasteiger charge is -2.14. The van der Waals surface area contributed by atoms with E-state index in [0.29, 0.717) is 18.0 Å². The van der Waals surface area contributed by atoms with Gasteiger partial charge in [0.15, 0.2) is 0 Å². The van der Waals surface area contributed by atoms with Gasteiger partial charge in [-0.3, -0.25) is 9.78 Å². The van der Waals surface area contributed by atoms with E-state index in [4.69, 9.17) is 0 Å². The highest BCUT2D eigenvalue weighted by atomic mass is 16.2. The minimum absolute atomic E-state index is 0.307. The number of amides is 1. The third-order valence-electron chi connectivity index (χ3n) is 2.10. The molecule has 16 heavy (non-hydrogen) atoms. The number of carbonyl (C=O) groups excluding carboxylic acids is 2. The summed E-state index contributed by atoms with van der Waals surface area (Å²) >= 11 is 0. The van der Waals surface area contributed by atoms with Crippen LogP contribution in [-0.2, 0) is 4.79 Å². The number of rotatable bonds is 5. The SMILES string of the molecule is CC(C)CC(C=O)NC(=O)c1ccccn1. The van der Waals surface area contributed by atoms with Crippen LogP contribution in [-0.4, -0.2) is 23.2 Å². The van der Waals surface area contributed by atoms with E-state index in [1.807, 2.05) is 13.8 Å². The molecule has 0 aliphatic heterocycles. The van der Waals surface area contributed by atoms with Crippen LogP contribution in [0.2, 0.25) is 0 Å². The van der Waals surface area contributed by atoms with Gasteiger partial charge in [-0.05, 0) is 24.5 Å². The average Bonchev–Trinajstić information content (AvgIpc) is 2.28. The molecule has 1 aromatic heterocycles. The summed E-state index contributed by atoms with van der Waals surface area (Å²) in [7, 11) is 0. The van der Waals surface area contributed by atoms with E-state index in [-0.39, 0.29) is 5.91 Å². The summed E-state index contributed by atoms with van der Waals surface area (Å²) in [6.07, 6.45) is 2.95. The molecule has 0 aliphatic rings. The second kappa shape index (κ2) is 6.00. The van der Waals surface area contributed by atoms with E-state index in [0.717, 1.165) is 6.29 Å². The molecule has 0 fully saturated rings. The van der Waals surface area contributed by atoms with Crippen molar-refractivity contribution in [2.75, 3.05) is 0 Å². The zero-order valence-electron chi connectivity index (χ0n) is 9.51. The van der Waals surface area contributed by atoms with Gasteiger partial charge in [0.1, 0.15) is 12.0 Å². The maximum absolute atomic E-state index is 11.7. The molecule has 0 spiro atoms. The van der Waals surface area contributed by atoms with Crippen LogP contribution < -0.4 is 5.32 Å². The normalized spacial score (nSPS) is 12.2. The van der Waals surface area contributed by atoms with Gasteiger partial charge >= 0.3 is 0 Å². The van der Waals surface area contributed by atoms with E-state index >= 15 is 0 Å². The number of hydrogen-bond donors (Lipinski definition) is 1. The Bertz CT molecular complexity index is 349. The number of carbonyl (C=O) groups is 2. The van der Waals surface area contributed by atoms with E-state index in [2.05, 4.69) is 10.3 Å². The minimum Gasteiger partial charge on any atom is -0.341 e. The molecule has 1 atom stereocenters. The molecule has 0 radical (unpaired) electrons. The lowest BCUT2D eigenvalue weighted by Crippen LogP contribution is -2.37. The van der Waals surface area contributed by atoms with Crippen molar-refractivity contribution in [3.8, 4) is 0 Å². The van der Waals surface area contributed by atoms with Gasteiger partial charge in [0.2, 0.25) is 0 Å². The summed E-state index contributed by atoms with van der Waals surface area (Å²) in [6.45, 7) is 4.01. The van der Waals surface area contributed by atoms with Gasteiger partial charge in [-0.15, -0.1) is 0 Å².